The summed E-state index contributed by atoms with van der Waals surface area (Å²) in [4.78, 5) is 24.7. The molecule has 2 atom stereocenters. The molecule has 11 heteroatoms. The van der Waals surface area contributed by atoms with Crippen molar-refractivity contribution in [1.29, 1.82) is 0 Å². The van der Waals surface area contributed by atoms with Crippen molar-refractivity contribution < 1.29 is 28.6 Å². The van der Waals surface area contributed by atoms with Gasteiger partial charge < -0.3 is 30.5 Å². The average Bonchev–Trinajstić information content (AvgIpc) is 2.83. The largest absolute Gasteiger partial charge is 0.484 e. The molecule has 4 rings (SSSR count). The van der Waals surface area contributed by atoms with Gasteiger partial charge in [0.1, 0.15) is 17.3 Å². The molecule has 0 radical (unpaired) electrons. The molecule has 0 spiro atoms. The van der Waals surface area contributed by atoms with E-state index in [4.69, 9.17) is 32.7 Å². The number of hydrogen-bond donors (Lipinski definition) is 4. The summed E-state index contributed by atoms with van der Waals surface area (Å²) in [6.07, 6.45) is 1.34. The van der Waals surface area contributed by atoms with E-state index in [1.165, 1.54) is 12.1 Å². The van der Waals surface area contributed by atoms with E-state index in [1.807, 2.05) is 6.07 Å². The lowest BCUT2D eigenvalue weighted by molar-refractivity contribution is -0.129. The van der Waals surface area contributed by atoms with Crippen molar-refractivity contribution in [2.45, 2.75) is 50.0 Å². The van der Waals surface area contributed by atoms with Crippen LogP contribution >= 0.6 is 23.2 Å². The number of benzene rings is 2. The third-order valence-corrected chi connectivity index (χ3v) is 6.69. The van der Waals surface area contributed by atoms with Gasteiger partial charge in [0, 0.05) is 48.2 Å². The van der Waals surface area contributed by atoms with Crippen molar-refractivity contribution >= 4 is 35.0 Å². The Labute approximate surface area is 218 Å². The Morgan fingerprint density at radius 3 is 2.61 bits per heavy atom. The molecular formula is C25H28Cl2FN3O5. The minimum Gasteiger partial charge on any atom is -0.484 e. The molecule has 36 heavy (non-hydrogen) atoms. The van der Waals surface area contributed by atoms with Crippen LogP contribution in [0.1, 0.15) is 37.3 Å². The Balaban J connectivity index is 1.18. The summed E-state index contributed by atoms with van der Waals surface area (Å²) in [5.74, 6) is -0.413. The first-order valence-corrected chi connectivity index (χ1v) is 12.6. The van der Waals surface area contributed by atoms with E-state index < -0.39 is 11.9 Å². The standard InChI is InChI=1S/C25H28Cl2FN3O5/c26-14-2-5-22-18(8-14)21(31-15-9-16(32)10-15)12-23(36-22)25(34)30-7-1-6-29-24(33)13-35-17-3-4-19(27)20(28)11-17/h2-5,8,11,15-16,21,23,31-32H,1,6-7,9-10,12-13H2,(H,29,33)(H,30,34). The number of nitrogens with one attached hydrogen (secondary N) is 3. The summed E-state index contributed by atoms with van der Waals surface area (Å²) < 4.78 is 24.6. The van der Waals surface area contributed by atoms with Crippen LogP contribution in [0.4, 0.5) is 4.39 Å². The number of rotatable bonds is 10. The molecule has 1 heterocycles. The molecule has 4 N–H and O–H groups in total. The minimum absolute atomic E-state index is 0.0222. The number of aliphatic hydroxyl groups is 1. The number of carbonyl (C=O) groups is 2. The predicted molar refractivity (Wildman–Crippen MR) is 133 cm³/mol. The van der Waals surface area contributed by atoms with Gasteiger partial charge in [-0.15, -0.1) is 0 Å². The highest BCUT2D eigenvalue weighted by Crippen LogP contribution is 2.38. The number of aliphatic hydroxyl groups excluding tert-OH is 1. The molecule has 1 aliphatic heterocycles. The predicted octanol–water partition coefficient (Wildman–Crippen LogP) is 3.14. The van der Waals surface area contributed by atoms with Crippen LogP contribution in [-0.2, 0) is 9.59 Å². The third-order valence-electron chi connectivity index (χ3n) is 6.14. The molecule has 0 bridgehead atoms. The lowest BCUT2D eigenvalue weighted by atomic mass is 9.86. The smallest absolute Gasteiger partial charge is 0.261 e. The van der Waals surface area contributed by atoms with Crippen LogP contribution in [0.2, 0.25) is 10.0 Å². The molecule has 2 amide bonds. The van der Waals surface area contributed by atoms with Gasteiger partial charge in [0.15, 0.2) is 12.7 Å². The van der Waals surface area contributed by atoms with E-state index in [0.717, 1.165) is 11.6 Å². The van der Waals surface area contributed by atoms with E-state index >= 15 is 0 Å². The maximum absolute atomic E-state index is 13.4. The van der Waals surface area contributed by atoms with Crippen molar-refractivity contribution in [2.75, 3.05) is 19.7 Å². The topological polar surface area (TPSA) is 109 Å². The Bertz CT molecular complexity index is 1100. The summed E-state index contributed by atoms with van der Waals surface area (Å²) in [6, 6.07) is 9.34. The van der Waals surface area contributed by atoms with Gasteiger partial charge in [-0.3, -0.25) is 9.59 Å². The normalized spacial score (nSPS) is 22.6. The van der Waals surface area contributed by atoms with Gasteiger partial charge in [-0.2, -0.15) is 0 Å². The van der Waals surface area contributed by atoms with Crippen LogP contribution in [-0.4, -0.2) is 54.9 Å². The molecule has 2 aromatic carbocycles. The van der Waals surface area contributed by atoms with Crippen molar-refractivity contribution in [3.05, 3.63) is 57.8 Å². The van der Waals surface area contributed by atoms with Gasteiger partial charge in [-0.1, -0.05) is 23.2 Å². The number of fused-ring (bicyclic) bond motifs is 1. The molecule has 0 aromatic heterocycles. The van der Waals surface area contributed by atoms with Crippen LogP contribution in [0.25, 0.3) is 0 Å². The summed E-state index contributed by atoms with van der Waals surface area (Å²) in [5, 5.41) is 19.2. The van der Waals surface area contributed by atoms with Gasteiger partial charge in [0.2, 0.25) is 0 Å². The number of hydrogen-bond acceptors (Lipinski definition) is 6. The summed E-state index contributed by atoms with van der Waals surface area (Å²) in [5.41, 5.74) is 0.902. The van der Waals surface area contributed by atoms with Crippen LogP contribution in [0, 0.1) is 5.82 Å². The fourth-order valence-corrected chi connectivity index (χ4v) is 4.47. The summed E-state index contributed by atoms with van der Waals surface area (Å²) >= 11 is 11.8. The monoisotopic (exact) mass is 539 g/mol. The zero-order chi connectivity index (χ0) is 25.7. The fourth-order valence-electron chi connectivity index (χ4n) is 4.18. The second-order valence-electron chi connectivity index (χ2n) is 8.92. The molecule has 2 aromatic rings. The average molecular weight is 540 g/mol. The maximum atomic E-state index is 13.4. The maximum Gasteiger partial charge on any atom is 0.261 e. The molecule has 2 unspecified atom stereocenters. The van der Waals surface area contributed by atoms with E-state index in [9.17, 15) is 19.1 Å². The van der Waals surface area contributed by atoms with Crippen molar-refractivity contribution in [3.8, 4) is 11.5 Å². The molecule has 1 aliphatic carbocycles. The van der Waals surface area contributed by atoms with Crippen molar-refractivity contribution in [1.82, 2.24) is 16.0 Å². The number of halogens is 3. The van der Waals surface area contributed by atoms with E-state index in [0.29, 0.717) is 49.5 Å². The van der Waals surface area contributed by atoms with E-state index in [-0.39, 0.29) is 47.4 Å². The number of carbonyl (C=O) groups excluding carboxylic acids is 2. The summed E-state index contributed by atoms with van der Waals surface area (Å²) in [7, 11) is 0. The zero-order valence-electron chi connectivity index (χ0n) is 19.4. The third kappa shape index (κ3) is 7.00. The lowest BCUT2D eigenvalue weighted by Gasteiger charge is -2.39. The molecule has 2 aliphatic rings. The zero-order valence-corrected chi connectivity index (χ0v) is 20.9. The lowest BCUT2D eigenvalue weighted by Crippen LogP contribution is -2.49. The molecule has 194 valence electrons. The Kier molecular flexibility index (Phi) is 8.90. The van der Waals surface area contributed by atoms with Crippen molar-refractivity contribution in [3.63, 3.8) is 0 Å². The van der Waals surface area contributed by atoms with Crippen molar-refractivity contribution in [2.24, 2.45) is 0 Å². The number of amides is 2. The second kappa shape index (κ2) is 12.1. The Hall–Kier alpha value is -2.59. The first-order chi connectivity index (χ1) is 17.3. The Morgan fingerprint density at radius 2 is 1.86 bits per heavy atom. The quantitative estimate of drug-likeness (QED) is 0.345. The fraction of sp³-hybridized carbons (Fsp3) is 0.440. The molecule has 0 saturated heterocycles. The van der Waals surface area contributed by atoms with Crippen LogP contribution in [0.15, 0.2) is 36.4 Å². The highest BCUT2D eigenvalue weighted by molar-refractivity contribution is 6.31. The van der Waals surface area contributed by atoms with Crippen LogP contribution < -0.4 is 25.4 Å². The van der Waals surface area contributed by atoms with E-state index in [1.54, 1.807) is 12.1 Å². The molecular weight excluding hydrogens is 512 g/mol. The van der Waals surface area contributed by atoms with Crippen LogP contribution in [0.3, 0.4) is 0 Å². The van der Waals surface area contributed by atoms with Gasteiger partial charge in [0.25, 0.3) is 11.8 Å². The van der Waals surface area contributed by atoms with Gasteiger partial charge in [0.05, 0.1) is 11.1 Å². The Morgan fingerprint density at radius 1 is 1.08 bits per heavy atom. The van der Waals surface area contributed by atoms with Gasteiger partial charge in [-0.05, 0) is 49.6 Å². The first-order valence-electron chi connectivity index (χ1n) is 11.8. The highest BCUT2D eigenvalue weighted by Gasteiger charge is 2.36. The molecule has 1 saturated carbocycles. The van der Waals surface area contributed by atoms with Crippen LogP contribution in [0.5, 0.6) is 11.5 Å². The van der Waals surface area contributed by atoms with E-state index in [2.05, 4.69) is 16.0 Å². The molecule has 8 nitrogen and oxygen atoms in total. The SMILES string of the molecule is O=C(COc1ccc(Cl)c(F)c1)NCCCNC(=O)C1CC(NC2CC(O)C2)c2cc(Cl)ccc2O1. The minimum atomic E-state index is -0.677. The number of ether oxygens (including phenoxy) is 2. The van der Waals surface area contributed by atoms with Gasteiger partial charge in [-0.25, -0.2) is 4.39 Å². The van der Waals surface area contributed by atoms with Gasteiger partial charge >= 0.3 is 0 Å². The highest BCUT2D eigenvalue weighted by atomic mass is 35.5. The molecule has 1 fully saturated rings. The summed E-state index contributed by atoms with van der Waals surface area (Å²) in [6.45, 7) is 0.417. The first kappa shape index (κ1) is 26.5. The second-order valence-corrected chi connectivity index (χ2v) is 9.77.